The van der Waals surface area contributed by atoms with Gasteiger partial charge in [-0.25, -0.2) is 8.42 Å². The van der Waals surface area contributed by atoms with E-state index in [1.807, 2.05) is 12.1 Å². The minimum atomic E-state index is -3.65. The van der Waals surface area contributed by atoms with Crippen LogP contribution in [0.3, 0.4) is 0 Å². The molecule has 2 saturated heterocycles. The third kappa shape index (κ3) is 5.51. The van der Waals surface area contributed by atoms with Gasteiger partial charge in [0.25, 0.3) is 0 Å². The number of carbonyl (C=O) groups excluding carboxylic acids is 1. The predicted octanol–water partition coefficient (Wildman–Crippen LogP) is 3.25. The molecule has 1 aromatic carbocycles. The van der Waals surface area contributed by atoms with E-state index >= 15 is 0 Å². The number of amides is 1. The Hall–Kier alpha value is -2.36. The summed E-state index contributed by atoms with van der Waals surface area (Å²) in [4.78, 5) is 15.2. The van der Waals surface area contributed by atoms with Crippen molar-refractivity contribution in [2.75, 3.05) is 49.6 Å². The molecule has 9 heteroatoms. The SMILES string of the molecule is O=C(CCc1ccco1)Nc1cc(S(=O)(=O)N2CCOCC2)ccc1N1CCCCCC1. The molecule has 3 heterocycles. The highest BCUT2D eigenvalue weighted by molar-refractivity contribution is 7.89. The van der Waals surface area contributed by atoms with Crippen LogP contribution in [0, 0.1) is 0 Å². The molecule has 32 heavy (non-hydrogen) atoms. The van der Waals surface area contributed by atoms with E-state index in [-0.39, 0.29) is 17.2 Å². The van der Waals surface area contributed by atoms with Gasteiger partial charge in [-0.2, -0.15) is 4.31 Å². The van der Waals surface area contributed by atoms with Gasteiger partial charge in [-0.1, -0.05) is 12.8 Å². The van der Waals surface area contributed by atoms with Crippen molar-refractivity contribution < 1.29 is 22.4 Å². The lowest BCUT2D eigenvalue weighted by molar-refractivity contribution is -0.116. The maximum atomic E-state index is 13.2. The Bertz CT molecular complexity index is 993. The van der Waals surface area contributed by atoms with E-state index < -0.39 is 10.0 Å². The van der Waals surface area contributed by atoms with Crippen LogP contribution in [-0.2, 0) is 26.0 Å². The van der Waals surface area contributed by atoms with Gasteiger partial charge in [-0.05, 0) is 43.2 Å². The monoisotopic (exact) mass is 461 g/mol. The van der Waals surface area contributed by atoms with Gasteiger partial charge in [0.15, 0.2) is 0 Å². The van der Waals surface area contributed by atoms with Crippen molar-refractivity contribution >= 4 is 27.3 Å². The number of rotatable bonds is 7. The molecule has 0 unspecified atom stereocenters. The third-order valence-corrected chi connectivity index (χ3v) is 7.87. The van der Waals surface area contributed by atoms with E-state index in [0.717, 1.165) is 37.4 Å². The van der Waals surface area contributed by atoms with E-state index in [4.69, 9.17) is 9.15 Å². The number of ether oxygens (including phenoxy) is 1. The van der Waals surface area contributed by atoms with Gasteiger partial charge in [-0.15, -0.1) is 0 Å². The van der Waals surface area contributed by atoms with Gasteiger partial charge in [0.1, 0.15) is 5.76 Å². The van der Waals surface area contributed by atoms with Crippen molar-refractivity contribution in [1.29, 1.82) is 0 Å². The minimum absolute atomic E-state index is 0.168. The quantitative estimate of drug-likeness (QED) is 0.681. The van der Waals surface area contributed by atoms with Crippen LogP contribution in [0.5, 0.6) is 0 Å². The van der Waals surface area contributed by atoms with E-state index in [0.29, 0.717) is 38.4 Å². The van der Waals surface area contributed by atoms with Crippen molar-refractivity contribution in [3.63, 3.8) is 0 Å². The van der Waals surface area contributed by atoms with Gasteiger partial charge in [-0.3, -0.25) is 4.79 Å². The molecular formula is C23H31N3O5S. The average Bonchev–Trinajstić information content (AvgIpc) is 3.19. The van der Waals surface area contributed by atoms with Crippen LogP contribution in [0.15, 0.2) is 45.9 Å². The molecule has 1 N–H and O–H groups in total. The number of aryl methyl sites for hydroxylation is 1. The Balaban J connectivity index is 1.58. The number of furan rings is 1. The molecule has 2 fully saturated rings. The molecule has 4 rings (SSSR count). The highest BCUT2D eigenvalue weighted by atomic mass is 32.2. The van der Waals surface area contributed by atoms with Crippen molar-refractivity contribution in [3.8, 4) is 0 Å². The normalized spacial score (nSPS) is 18.3. The maximum absolute atomic E-state index is 13.2. The first-order valence-corrected chi connectivity index (χ1v) is 12.8. The first kappa shape index (κ1) is 22.8. The summed E-state index contributed by atoms with van der Waals surface area (Å²) >= 11 is 0. The topological polar surface area (TPSA) is 92.1 Å². The first-order valence-electron chi connectivity index (χ1n) is 11.3. The van der Waals surface area contributed by atoms with Crippen LogP contribution in [0.2, 0.25) is 0 Å². The predicted molar refractivity (Wildman–Crippen MR) is 122 cm³/mol. The van der Waals surface area contributed by atoms with Gasteiger partial charge < -0.3 is 19.4 Å². The lowest BCUT2D eigenvalue weighted by atomic mass is 10.2. The lowest BCUT2D eigenvalue weighted by Crippen LogP contribution is -2.40. The number of hydrogen-bond acceptors (Lipinski definition) is 6. The van der Waals surface area contributed by atoms with Crippen molar-refractivity contribution in [1.82, 2.24) is 4.31 Å². The lowest BCUT2D eigenvalue weighted by Gasteiger charge is -2.28. The molecule has 2 aromatic rings. The Morgan fingerprint density at radius 2 is 1.75 bits per heavy atom. The second kappa shape index (κ2) is 10.5. The molecule has 8 nitrogen and oxygen atoms in total. The zero-order chi connectivity index (χ0) is 22.4. The number of carbonyl (C=O) groups is 1. The molecule has 1 aromatic heterocycles. The molecule has 0 bridgehead atoms. The second-order valence-corrected chi connectivity index (χ2v) is 10.2. The van der Waals surface area contributed by atoms with E-state index in [9.17, 15) is 13.2 Å². The summed E-state index contributed by atoms with van der Waals surface area (Å²) in [6, 6.07) is 8.73. The highest BCUT2D eigenvalue weighted by Crippen LogP contribution is 2.32. The van der Waals surface area contributed by atoms with Gasteiger partial charge >= 0.3 is 0 Å². The fourth-order valence-corrected chi connectivity index (χ4v) is 5.64. The maximum Gasteiger partial charge on any atom is 0.243 e. The highest BCUT2D eigenvalue weighted by Gasteiger charge is 2.28. The summed E-state index contributed by atoms with van der Waals surface area (Å²) in [6.07, 6.45) is 6.87. The largest absolute Gasteiger partial charge is 0.469 e. The molecule has 2 aliphatic rings. The van der Waals surface area contributed by atoms with Crippen LogP contribution >= 0.6 is 0 Å². The Morgan fingerprint density at radius 3 is 2.44 bits per heavy atom. The zero-order valence-corrected chi connectivity index (χ0v) is 19.1. The molecule has 0 saturated carbocycles. The molecule has 0 atom stereocenters. The van der Waals surface area contributed by atoms with Crippen molar-refractivity contribution in [2.45, 2.75) is 43.4 Å². The summed E-state index contributed by atoms with van der Waals surface area (Å²) in [7, 11) is -3.65. The standard InChI is InChI=1S/C23H31N3O5S/c27-23(10-7-19-6-5-15-31-19)24-21-18-20(32(28,29)26-13-16-30-17-14-26)8-9-22(21)25-11-3-1-2-4-12-25/h5-6,8-9,15,18H,1-4,7,10-14,16-17H2,(H,24,27). The summed E-state index contributed by atoms with van der Waals surface area (Å²) in [6.45, 7) is 3.24. The van der Waals surface area contributed by atoms with Crippen LogP contribution in [0.1, 0.15) is 37.9 Å². The summed E-state index contributed by atoms with van der Waals surface area (Å²) in [5, 5.41) is 2.98. The van der Waals surface area contributed by atoms with Crippen molar-refractivity contribution in [3.05, 3.63) is 42.4 Å². The summed E-state index contributed by atoms with van der Waals surface area (Å²) in [5.41, 5.74) is 1.42. The number of morpholine rings is 1. The van der Waals surface area contributed by atoms with Gasteiger partial charge in [0, 0.05) is 39.0 Å². The number of nitrogens with zero attached hydrogens (tertiary/aromatic N) is 2. The first-order chi connectivity index (χ1) is 15.5. The van der Waals surface area contributed by atoms with Gasteiger partial charge in [0.2, 0.25) is 15.9 Å². The van der Waals surface area contributed by atoms with Crippen LogP contribution in [0.25, 0.3) is 0 Å². The van der Waals surface area contributed by atoms with Crippen molar-refractivity contribution in [2.24, 2.45) is 0 Å². The Morgan fingerprint density at radius 1 is 1.00 bits per heavy atom. The van der Waals surface area contributed by atoms with Crippen LogP contribution in [-0.4, -0.2) is 58.0 Å². The Labute approximate surface area is 189 Å². The summed E-state index contributed by atoms with van der Waals surface area (Å²) < 4.78 is 38.4. The molecular weight excluding hydrogens is 430 g/mol. The van der Waals surface area contributed by atoms with Crippen LogP contribution in [0.4, 0.5) is 11.4 Å². The van der Waals surface area contributed by atoms with Gasteiger partial charge in [0.05, 0.1) is 35.7 Å². The molecule has 174 valence electrons. The molecule has 0 aliphatic carbocycles. The number of nitrogens with one attached hydrogen (secondary N) is 1. The fraction of sp³-hybridized carbons (Fsp3) is 0.522. The number of sulfonamides is 1. The minimum Gasteiger partial charge on any atom is -0.469 e. The molecule has 0 radical (unpaired) electrons. The second-order valence-electron chi connectivity index (χ2n) is 8.22. The smallest absolute Gasteiger partial charge is 0.243 e. The number of benzene rings is 1. The third-order valence-electron chi connectivity index (χ3n) is 5.98. The number of hydrogen-bond donors (Lipinski definition) is 1. The van der Waals surface area contributed by atoms with Crippen LogP contribution < -0.4 is 10.2 Å². The van der Waals surface area contributed by atoms with E-state index in [1.165, 1.54) is 17.1 Å². The molecule has 0 spiro atoms. The van der Waals surface area contributed by atoms with E-state index in [1.54, 1.807) is 24.5 Å². The fourth-order valence-electron chi connectivity index (χ4n) is 4.20. The Kier molecular flexibility index (Phi) is 7.49. The molecule has 1 amide bonds. The van der Waals surface area contributed by atoms with E-state index in [2.05, 4.69) is 10.2 Å². The molecule has 2 aliphatic heterocycles. The average molecular weight is 462 g/mol. The summed E-state index contributed by atoms with van der Waals surface area (Å²) in [5.74, 6) is 0.579. The number of anilines is 2. The zero-order valence-electron chi connectivity index (χ0n) is 18.3.